The Kier molecular flexibility index (Phi) is 29.6. The first-order chi connectivity index (χ1) is 4.33. The first kappa shape index (κ1) is 29.4. The highest BCUT2D eigenvalue weighted by Crippen LogP contribution is 2.05. The fourth-order valence-electron chi connectivity index (χ4n) is 0.529. The van der Waals surface area contributed by atoms with Gasteiger partial charge in [0.05, 0.1) is 11.6 Å². The summed E-state index contributed by atoms with van der Waals surface area (Å²) in [5.74, 6) is 0. The van der Waals surface area contributed by atoms with Gasteiger partial charge in [-0.25, -0.2) is 0 Å². The van der Waals surface area contributed by atoms with Gasteiger partial charge in [-0.1, -0.05) is 12.6 Å². The number of nitriles is 1. The molecule has 0 fully saturated rings. The van der Waals surface area contributed by atoms with Gasteiger partial charge in [0.25, 0.3) is 0 Å². The zero-order valence-electron chi connectivity index (χ0n) is 6.71. The van der Waals surface area contributed by atoms with E-state index < -0.39 is 0 Å². The number of hydrogen-bond donors (Lipinski definition) is 0. The van der Waals surface area contributed by atoms with Crippen molar-refractivity contribution in [3.63, 3.8) is 0 Å². The van der Waals surface area contributed by atoms with E-state index in [1.54, 1.807) is 24.3 Å². The molecule has 0 spiro atoms. The fourth-order valence-corrected chi connectivity index (χ4v) is 0.666. The van der Waals surface area contributed by atoms with Gasteiger partial charge in [-0.3, -0.25) is 23.5 Å². The molecule has 0 saturated carbocycles. The van der Waals surface area contributed by atoms with Gasteiger partial charge >= 0.3 is 0 Å². The molecule has 0 N–H and O–H groups in total. The summed E-state index contributed by atoms with van der Waals surface area (Å²) in [5.41, 5.74) is 0.656. The Morgan fingerprint density at radius 1 is 0.857 bits per heavy atom. The molecule has 0 aliphatic carbocycles. The molecule has 14 heavy (non-hydrogen) atoms. The molecule has 1 nitrogen and oxygen atoms in total. The molecule has 0 atom stereocenters. The Hall–Kier alpha value is -1.42. The number of nitrogens with zero attached hydrogens (tertiary/aromatic N) is 1. The second-order valence-electron chi connectivity index (χ2n) is 1.64. The van der Waals surface area contributed by atoms with Crippen LogP contribution in [-0.2, 0) is 0 Å². The summed E-state index contributed by atoms with van der Waals surface area (Å²) in [4.78, 5) is 0.772. The summed E-state index contributed by atoms with van der Waals surface area (Å²) >= 11 is 4.81. The summed E-state index contributed by atoms with van der Waals surface area (Å²) in [6, 6.07) is 8.92. The van der Waals surface area contributed by atoms with E-state index in [-0.39, 0.29) is 23.5 Å². The average Bonchev–Trinajstić information content (AvgIpc) is 1.90. The van der Waals surface area contributed by atoms with Gasteiger partial charge in [0.15, 0.2) is 0 Å². The first-order valence-electron chi connectivity index (χ1n) is 2.50. The predicted octanol–water partition coefficient (Wildman–Crippen LogP) is 2.88. The second kappa shape index (κ2) is 14.1. The lowest BCUT2D eigenvalue weighted by Crippen LogP contribution is -1.69. The monoisotopic (exact) mass is 234 g/mol. The molecule has 0 aromatic heterocycles. The molecule has 83 valence electrons. The maximum atomic E-state index is 8.34. The number of halogens is 5. The summed E-state index contributed by atoms with van der Waals surface area (Å²) in [7, 11) is 0. The van der Waals surface area contributed by atoms with Crippen molar-refractivity contribution >= 4 is 12.6 Å². The van der Waals surface area contributed by atoms with E-state index in [4.69, 9.17) is 17.9 Å². The molecule has 7 heteroatoms. The van der Waals surface area contributed by atoms with E-state index in [0.717, 1.165) is 4.90 Å². The van der Waals surface area contributed by atoms with Gasteiger partial charge < -0.3 is 0 Å². The minimum Gasteiger partial charge on any atom is -0.269 e. The lowest BCUT2D eigenvalue weighted by Gasteiger charge is -1.86. The van der Waals surface area contributed by atoms with Crippen LogP contribution in [0.25, 0.3) is 0 Å². The summed E-state index contributed by atoms with van der Waals surface area (Å²) in [6.07, 6.45) is 0. The SMILES string of the molecule is F.F.F.F.F.N#Cc1ccc([S])cc1. The minimum atomic E-state index is 0. The quantitative estimate of drug-likeness (QED) is 0.633. The molecule has 1 aromatic rings. The second-order valence-corrected chi connectivity index (χ2v) is 2.11. The highest BCUT2D eigenvalue weighted by molar-refractivity contribution is 7.80. The molecule has 1 aromatic carbocycles. The zero-order valence-corrected chi connectivity index (χ0v) is 7.52. The normalized spacial score (nSPS) is 5.36. The highest BCUT2D eigenvalue weighted by Gasteiger charge is 1.86. The van der Waals surface area contributed by atoms with E-state index in [1.165, 1.54) is 0 Å². The van der Waals surface area contributed by atoms with Crippen LogP contribution in [0.4, 0.5) is 23.5 Å². The van der Waals surface area contributed by atoms with Crippen molar-refractivity contribution < 1.29 is 23.5 Å². The molecule has 1 radical (unpaired) electrons. The van der Waals surface area contributed by atoms with Crippen LogP contribution < -0.4 is 0 Å². The smallest absolute Gasteiger partial charge is 0.0991 e. The molecule has 0 heterocycles. The molecule has 0 aliphatic rings. The third kappa shape index (κ3) is 8.67. The number of benzene rings is 1. The Balaban J connectivity index is -0.0000000540. The summed E-state index contributed by atoms with van der Waals surface area (Å²) in [6.45, 7) is 0. The Morgan fingerprint density at radius 2 is 1.21 bits per heavy atom. The third-order valence-electron chi connectivity index (χ3n) is 0.983. The summed E-state index contributed by atoms with van der Waals surface area (Å²) < 4.78 is 0. The van der Waals surface area contributed by atoms with Crippen molar-refractivity contribution in [1.29, 1.82) is 5.26 Å². The van der Waals surface area contributed by atoms with Crippen molar-refractivity contribution in [1.82, 2.24) is 0 Å². The molecule has 1 rings (SSSR count). The minimum absolute atomic E-state index is 0. The molecular formula is C7H9F5NS. The molecule has 0 unspecified atom stereocenters. The Labute approximate surface area is 83.0 Å². The van der Waals surface area contributed by atoms with Crippen molar-refractivity contribution in [2.24, 2.45) is 0 Å². The van der Waals surface area contributed by atoms with Gasteiger partial charge in [-0.15, -0.1) is 0 Å². The Bertz CT molecular complexity index is 245. The van der Waals surface area contributed by atoms with Crippen LogP contribution in [0, 0.1) is 11.3 Å². The van der Waals surface area contributed by atoms with Gasteiger partial charge in [0, 0.05) is 4.90 Å². The van der Waals surface area contributed by atoms with E-state index in [2.05, 4.69) is 0 Å². The van der Waals surface area contributed by atoms with Gasteiger partial charge in [-0.2, -0.15) is 5.26 Å². The maximum Gasteiger partial charge on any atom is 0.0991 e. The van der Waals surface area contributed by atoms with Crippen LogP contribution >= 0.6 is 12.6 Å². The third-order valence-corrected chi connectivity index (χ3v) is 1.26. The van der Waals surface area contributed by atoms with E-state index in [1.807, 2.05) is 6.07 Å². The van der Waals surface area contributed by atoms with E-state index in [9.17, 15) is 0 Å². The van der Waals surface area contributed by atoms with Crippen molar-refractivity contribution in [2.75, 3.05) is 0 Å². The summed E-state index contributed by atoms with van der Waals surface area (Å²) in [5, 5.41) is 8.34. The number of hydrogen-bond acceptors (Lipinski definition) is 1. The lowest BCUT2D eigenvalue weighted by atomic mass is 10.2. The molecule has 0 aliphatic heterocycles. The lowest BCUT2D eigenvalue weighted by molar-refractivity contribution is 1.11. The van der Waals surface area contributed by atoms with Gasteiger partial charge in [-0.05, 0) is 24.3 Å². The van der Waals surface area contributed by atoms with Crippen LogP contribution in [-0.4, -0.2) is 0 Å². The number of rotatable bonds is 0. The first-order valence-corrected chi connectivity index (χ1v) is 2.91. The van der Waals surface area contributed by atoms with Crippen LogP contribution in [0.2, 0.25) is 0 Å². The molecular weight excluding hydrogens is 225 g/mol. The topological polar surface area (TPSA) is 23.8 Å². The molecule has 0 amide bonds. The highest BCUT2D eigenvalue weighted by atomic mass is 32.1. The van der Waals surface area contributed by atoms with Crippen molar-refractivity contribution in [3.8, 4) is 6.07 Å². The largest absolute Gasteiger partial charge is 0.269 e. The average molecular weight is 234 g/mol. The van der Waals surface area contributed by atoms with Crippen LogP contribution in [0.15, 0.2) is 29.2 Å². The predicted molar refractivity (Wildman–Crippen MR) is 49.5 cm³/mol. The fraction of sp³-hybridized carbons (Fsp3) is 0. The molecule has 0 bridgehead atoms. The zero-order chi connectivity index (χ0) is 6.69. The maximum absolute atomic E-state index is 8.34. The van der Waals surface area contributed by atoms with Crippen molar-refractivity contribution in [2.45, 2.75) is 4.90 Å². The van der Waals surface area contributed by atoms with Crippen molar-refractivity contribution in [3.05, 3.63) is 29.8 Å². The van der Waals surface area contributed by atoms with Gasteiger partial charge in [0.2, 0.25) is 0 Å². The van der Waals surface area contributed by atoms with E-state index in [0.29, 0.717) is 5.56 Å². The van der Waals surface area contributed by atoms with Gasteiger partial charge in [0.1, 0.15) is 0 Å². The van der Waals surface area contributed by atoms with Crippen LogP contribution in [0.1, 0.15) is 5.56 Å². The molecule has 0 saturated heterocycles. The van der Waals surface area contributed by atoms with E-state index >= 15 is 0 Å². The van der Waals surface area contributed by atoms with Crippen LogP contribution in [0.5, 0.6) is 0 Å². The Morgan fingerprint density at radius 3 is 1.50 bits per heavy atom. The van der Waals surface area contributed by atoms with Crippen LogP contribution in [0.3, 0.4) is 0 Å². The standard InChI is InChI=1S/C7H4NS.5FH/c8-5-6-1-3-7(9)4-2-6;;;;;/h1-4H;5*1H.